The molecule has 2 heterocycles. The molecule has 0 amide bonds. The van der Waals surface area contributed by atoms with Crippen LogP contribution in [0.15, 0.2) is 164 Å². The monoisotopic (exact) mass is 602 g/mol. The van der Waals surface area contributed by atoms with E-state index in [4.69, 9.17) is 9.97 Å². The standard InChI is InChI=1S/C44H27FN2/c45-34-23-20-33(21-24-34)44-39-26-25-36-35(8-5-9-37(36)43(39)38-7-2-4-11-42(38)47-44)30-16-12-28(13-17-30)29-14-18-32(19-15-29)41-27-22-31-6-1-3-10-40(31)46-41/h1-27H. The zero-order chi connectivity index (χ0) is 31.3. The third-order valence-corrected chi connectivity index (χ3v) is 9.15. The van der Waals surface area contributed by atoms with E-state index in [1.807, 2.05) is 36.4 Å². The molecule has 0 fully saturated rings. The van der Waals surface area contributed by atoms with Gasteiger partial charge in [0, 0.05) is 32.7 Å². The Kier molecular flexibility index (Phi) is 6.36. The summed E-state index contributed by atoms with van der Waals surface area (Å²) >= 11 is 0. The van der Waals surface area contributed by atoms with Crippen LogP contribution in [-0.4, -0.2) is 9.97 Å². The molecule has 0 saturated heterocycles. The fraction of sp³-hybridized carbons (Fsp3) is 0. The quantitative estimate of drug-likeness (QED) is 0.187. The first kappa shape index (κ1) is 27.1. The molecule has 2 aromatic heterocycles. The van der Waals surface area contributed by atoms with Gasteiger partial charge in [0.25, 0.3) is 0 Å². The van der Waals surface area contributed by atoms with E-state index in [2.05, 4.69) is 115 Å². The third kappa shape index (κ3) is 4.72. The Morgan fingerprint density at radius 3 is 1.77 bits per heavy atom. The summed E-state index contributed by atoms with van der Waals surface area (Å²) in [5, 5.41) is 6.82. The van der Waals surface area contributed by atoms with Crippen LogP contribution >= 0.6 is 0 Å². The van der Waals surface area contributed by atoms with Gasteiger partial charge in [0.15, 0.2) is 0 Å². The Balaban J connectivity index is 1.11. The minimum atomic E-state index is -0.254. The molecule has 0 atom stereocenters. The number of hydrogen-bond acceptors (Lipinski definition) is 2. The Morgan fingerprint density at radius 1 is 0.362 bits per heavy atom. The molecule has 0 radical (unpaired) electrons. The van der Waals surface area contributed by atoms with Crippen LogP contribution in [0.4, 0.5) is 4.39 Å². The van der Waals surface area contributed by atoms with Crippen molar-refractivity contribution < 1.29 is 4.39 Å². The Morgan fingerprint density at radius 2 is 0.979 bits per heavy atom. The summed E-state index contributed by atoms with van der Waals surface area (Å²) in [5.41, 5.74) is 10.4. The number of benzene rings is 7. The van der Waals surface area contributed by atoms with Crippen LogP contribution in [0.25, 0.3) is 88.1 Å². The lowest BCUT2D eigenvalue weighted by atomic mass is 9.91. The number of para-hydroxylation sites is 2. The summed E-state index contributed by atoms with van der Waals surface area (Å²) in [4.78, 5) is 9.90. The van der Waals surface area contributed by atoms with E-state index in [1.165, 1.54) is 34.0 Å². The van der Waals surface area contributed by atoms with Crippen LogP contribution in [0.5, 0.6) is 0 Å². The van der Waals surface area contributed by atoms with Crippen LogP contribution in [0.2, 0.25) is 0 Å². The maximum atomic E-state index is 13.8. The molecule has 9 aromatic rings. The zero-order valence-electron chi connectivity index (χ0n) is 25.4. The topological polar surface area (TPSA) is 25.8 Å². The number of pyridine rings is 2. The number of fused-ring (bicyclic) bond motifs is 6. The molecule has 0 bridgehead atoms. The van der Waals surface area contributed by atoms with Crippen molar-refractivity contribution in [1.82, 2.24) is 9.97 Å². The van der Waals surface area contributed by atoms with Crippen molar-refractivity contribution >= 4 is 43.4 Å². The van der Waals surface area contributed by atoms with Crippen molar-refractivity contribution in [2.75, 3.05) is 0 Å². The predicted octanol–water partition coefficient (Wildman–Crippen LogP) is 11.9. The van der Waals surface area contributed by atoms with Gasteiger partial charge in [-0.2, -0.15) is 0 Å². The molecule has 220 valence electrons. The van der Waals surface area contributed by atoms with E-state index in [-0.39, 0.29) is 5.82 Å². The van der Waals surface area contributed by atoms with Gasteiger partial charge in [-0.05, 0) is 75.5 Å². The van der Waals surface area contributed by atoms with Gasteiger partial charge in [0.05, 0.1) is 22.4 Å². The van der Waals surface area contributed by atoms with E-state index in [9.17, 15) is 4.39 Å². The van der Waals surface area contributed by atoms with Crippen molar-refractivity contribution in [3.05, 3.63) is 170 Å². The summed E-state index contributed by atoms with van der Waals surface area (Å²) in [5.74, 6) is -0.254. The van der Waals surface area contributed by atoms with Gasteiger partial charge in [-0.3, -0.25) is 0 Å². The molecule has 7 aromatic carbocycles. The van der Waals surface area contributed by atoms with Gasteiger partial charge in [0.1, 0.15) is 5.82 Å². The lowest BCUT2D eigenvalue weighted by molar-refractivity contribution is 0.628. The molecule has 9 rings (SSSR count). The molecule has 47 heavy (non-hydrogen) atoms. The van der Waals surface area contributed by atoms with E-state index < -0.39 is 0 Å². The third-order valence-electron chi connectivity index (χ3n) is 9.15. The van der Waals surface area contributed by atoms with Crippen LogP contribution in [-0.2, 0) is 0 Å². The SMILES string of the molecule is Fc1ccc(-c2nc3ccccc3c3c2ccc2c(-c4ccc(-c5ccc(-c6ccc7ccccc7n6)cc5)cc4)cccc23)cc1. The first-order chi connectivity index (χ1) is 23.2. The first-order valence-electron chi connectivity index (χ1n) is 15.8. The number of rotatable bonds is 4. The van der Waals surface area contributed by atoms with Crippen molar-refractivity contribution in [3.8, 4) is 44.8 Å². The van der Waals surface area contributed by atoms with E-state index >= 15 is 0 Å². The van der Waals surface area contributed by atoms with Crippen molar-refractivity contribution in [3.63, 3.8) is 0 Å². The number of halogens is 1. The second kappa shape index (κ2) is 11.0. The average molecular weight is 603 g/mol. The van der Waals surface area contributed by atoms with E-state index in [0.717, 1.165) is 66.2 Å². The molecule has 0 aliphatic heterocycles. The van der Waals surface area contributed by atoms with Gasteiger partial charge in [0.2, 0.25) is 0 Å². The van der Waals surface area contributed by atoms with Gasteiger partial charge in [-0.25, -0.2) is 14.4 Å². The maximum absolute atomic E-state index is 13.8. The van der Waals surface area contributed by atoms with Gasteiger partial charge in [-0.15, -0.1) is 0 Å². The minimum Gasteiger partial charge on any atom is -0.248 e. The summed E-state index contributed by atoms with van der Waals surface area (Å²) in [6.07, 6.45) is 0. The molecular formula is C44H27FN2. The Bertz CT molecular complexity index is 2610. The second-order valence-corrected chi connectivity index (χ2v) is 11.9. The minimum absolute atomic E-state index is 0.254. The van der Waals surface area contributed by atoms with Crippen LogP contribution in [0.1, 0.15) is 0 Å². The molecule has 0 spiro atoms. The van der Waals surface area contributed by atoms with Crippen LogP contribution in [0, 0.1) is 5.82 Å². The second-order valence-electron chi connectivity index (χ2n) is 11.9. The van der Waals surface area contributed by atoms with Crippen molar-refractivity contribution in [2.45, 2.75) is 0 Å². The molecular weight excluding hydrogens is 575 g/mol. The summed E-state index contributed by atoms with van der Waals surface area (Å²) in [6.45, 7) is 0. The predicted molar refractivity (Wildman–Crippen MR) is 194 cm³/mol. The lowest BCUT2D eigenvalue weighted by Crippen LogP contribution is -1.92. The summed E-state index contributed by atoms with van der Waals surface area (Å²) in [7, 11) is 0. The lowest BCUT2D eigenvalue weighted by Gasteiger charge is -2.15. The fourth-order valence-corrected chi connectivity index (χ4v) is 6.79. The smallest absolute Gasteiger partial charge is 0.123 e. The Labute approximate surface area is 271 Å². The number of nitrogens with zero attached hydrogens (tertiary/aromatic N) is 2. The molecule has 2 nitrogen and oxygen atoms in total. The molecule has 0 aliphatic carbocycles. The Hall–Kier alpha value is -6.19. The highest BCUT2D eigenvalue weighted by Gasteiger charge is 2.15. The summed E-state index contributed by atoms with van der Waals surface area (Å²) < 4.78 is 13.8. The number of hydrogen-bond donors (Lipinski definition) is 0. The zero-order valence-corrected chi connectivity index (χ0v) is 25.4. The molecule has 3 heteroatoms. The van der Waals surface area contributed by atoms with E-state index in [0.29, 0.717) is 0 Å². The molecule has 0 unspecified atom stereocenters. The van der Waals surface area contributed by atoms with Crippen LogP contribution < -0.4 is 0 Å². The normalized spacial score (nSPS) is 11.5. The fourth-order valence-electron chi connectivity index (χ4n) is 6.79. The number of aromatic nitrogens is 2. The maximum Gasteiger partial charge on any atom is 0.123 e. The van der Waals surface area contributed by atoms with Gasteiger partial charge in [-0.1, -0.05) is 121 Å². The highest BCUT2D eigenvalue weighted by atomic mass is 19.1. The van der Waals surface area contributed by atoms with Crippen LogP contribution in [0.3, 0.4) is 0 Å². The molecule has 0 saturated carbocycles. The first-order valence-corrected chi connectivity index (χ1v) is 15.8. The average Bonchev–Trinajstić information content (AvgIpc) is 3.14. The van der Waals surface area contributed by atoms with E-state index in [1.54, 1.807) is 0 Å². The van der Waals surface area contributed by atoms with Crippen molar-refractivity contribution in [2.24, 2.45) is 0 Å². The largest absolute Gasteiger partial charge is 0.248 e. The summed E-state index contributed by atoms with van der Waals surface area (Å²) in [6, 6.07) is 55.6. The molecule has 0 N–H and O–H groups in total. The van der Waals surface area contributed by atoms with Crippen molar-refractivity contribution in [1.29, 1.82) is 0 Å². The highest BCUT2D eigenvalue weighted by molar-refractivity contribution is 6.24. The van der Waals surface area contributed by atoms with Gasteiger partial charge >= 0.3 is 0 Å². The van der Waals surface area contributed by atoms with Gasteiger partial charge < -0.3 is 0 Å². The molecule has 0 aliphatic rings. The highest BCUT2D eigenvalue weighted by Crippen LogP contribution is 2.40.